The van der Waals surface area contributed by atoms with Crippen LogP contribution >= 0.6 is 0 Å². The molecule has 1 N–H and O–H groups in total. The number of rotatable bonds is 8. The molecule has 0 aliphatic carbocycles. The maximum absolute atomic E-state index is 13.7. The minimum Gasteiger partial charge on any atom is -0.489 e. The van der Waals surface area contributed by atoms with E-state index in [1.165, 1.54) is 0 Å². The van der Waals surface area contributed by atoms with Crippen LogP contribution in [-0.2, 0) is 48.2 Å². The van der Waals surface area contributed by atoms with Crippen LogP contribution in [0.2, 0.25) is 0 Å². The molecule has 10 heteroatoms. The van der Waals surface area contributed by atoms with Crippen molar-refractivity contribution in [1.29, 1.82) is 0 Å². The molecule has 0 unspecified atom stereocenters. The molecule has 0 spiro atoms. The minimum atomic E-state index is -0.953. The molecule has 5 atom stereocenters. The molecule has 44 heavy (non-hydrogen) atoms. The number of imidazole rings is 1. The van der Waals surface area contributed by atoms with E-state index in [9.17, 15) is 4.79 Å². The van der Waals surface area contributed by atoms with Crippen LogP contribution in [0.4, 0.5) is 0 Å². The molecule has 7 rings (SSSR count). The quantitative estimate of drug-likeness (QED) is 0.312. The van der Waals surface area contributed by atoms with Gasteiger partial charge in [-0.05, 0) is 51.5 Å². The first-order valence-electron chi connectivity index (χ1n) is 15.0. The Balaban J connectivity index is 1.11. The van der Waals surface area contributed by atoms with Crippen molar-refractivity contribution in [3.8, 4) is 5.75 Å². The lowest BCUT2D eigenvalue weighted by atomic mass is 9.98. The zero-order chi connectivity index (χ0) is 30.5. The van der Waals surface area contributed by atoms with Crippen molar-refractivity contribution in [3.05, 3.63) is 95.8 Å². The third-order valence-electron chi connectivity index (χ3n) is 8.11. The summed E-state index contributed by atoms with van der Waals surface area (Å²) in [6.45, 7) is 8.42. The van der Waals surface area contributed by atoms with Gasteiger partial charge in [0, 0.05) is 5.56 Å². The Labute approximate surface area is 256 Å². The van der Waals surface area contributed by atoms with Crippen molar-refractivity contribution < 1.29 is 33.2 Å². The normalized spacial score (nSPS) is 26.7. The van der Waals surface area contributed by atoms with E-state index in [2.05, 4.69) is 9.88 Å². The van der Waals surface area contributed by atoms with E-state index in [0.717, 1.165) is 27.9 Å². The van der Waals surface area contributed by atoms with E-state index in [-0.39, 0.29) is 12.5 Å². The number of carbonyl (C=O) groups excluding carboxylic acids is 1. The molecule has 230 valence electrons. The second kappa shape index (κ2) is 11.3. The number of hydrogen-bond donors (Lipinski definition) is 1. The first-order valence-corrected chi connectivity index (χ1v) is 15.0. The highest BCUT2D eigenvalue weighted by Crippen LogP contribution is 2.44. The standard InChI is InChI=1S/C34H37N3O7/c1-33(2)41-27-28(42-33)30-32(44-34(3,4)43-30)40-29(27)31(38)35-18-26-36-23-15-9-10-16-24(23)37(26)19-22-14-8-11-17-25(22)39-20-21-12-6-5-7-13-21/h5-17,27-30,32H,18-20H2,1-4H3,(H,35,38)/t27-,28+,29+,30-,32-/m1/s1. The van der Waals surface area contributed by atoms with Crippen molar-refractivity contribution in [2.75, 3.05) is 0 Å². The monoisotopic (exact) mass is 599 g/mol. The van der Waals surface area contributed by atoms with E-state index in [4.69, 9.17) is 33.4 Å². The Morgan fingerprint density at radius 2 is 1.52 bits per heavy atom. The number of fused-ring (bicyclic) bond motifs is 4. The van der Waals surface area contributed by atoms with E-state index < -0.39 is 42.3 Å². The van der Waals surface area contributed by atoms with Gasteiger partial charge in [-0.25, -0.2) is 4.98 Å². The molecule has 3 aromatic carbocycles. The molecule has 3 aliphatic heterocycles. The molecule has 1 amide bonds. The number of benzene rings is 3. The first-order chi connectivity index (χ1) is 21.2. The molecule has 0 radical (unpaired) electrons. The van der Waals surface area contributed by atoms with E-state index in [0.29, 0.717) is 19.0 Å². The molecule has 0 bridgehead atoms. The van der Waals surface area contributed by atoms with Crippen LogP contribution in [0.25, 0.3) is 11.0 Å². The van der Waals surface area contributed by atoms with Gasteiger partial charge in [0.25, 0.3) is 5.91 Å². The highest BCUT2D eigenvalue weighted by molar-refractivity contribution is 5.82. The van der Waals surface area contributed by atoms with Gasteiger partial charge in [-0.3, -0.25) is 4.79 Å². The molecule has 3 saturated heterocycles. The summed E-state index contributed by atoms with van der Waals surface area (Å²) in [6, 6.07) is 26.0. The van der Waals surface area contributed by atoms with Crippen molar-refractivity contribution in [2.45, 2.75) is 89.7 Å². The zero-order valence-corrected chi connectivity index (χ0v) is 25.3. The predicted octanol–water partition coefficient (Wildman–Crippen LogP) is 4.68. The van der Waals surface area contributed by atoms with Gasteiger partial charge in [0.15, 0.2) is 24.0 Å². The molecular formula is C34H37N3O7. The van der Waals surface area contributed by atoms with Crippen LogP contribution in [-0.4, -0.2) is 57.7 Å². The largest absolute Gasteiger partial charge is 0.489 e. The Kier molecular flexibility index (Phi) is 7.42. The number of aromatic nitrogens is 2. The predicted molar refractivity (Wildman–Crippen MR) is 160 cm³/mol. The molecule has 0 saturated carbocycles. The van der Waals surface area contributed by atoms with Gasteiger partial charge in [0.1, 0.15) is 36.5 Å². The average Bonchev–Trinajstić information content (AvgIpc) is 3.64. The van der Waals surface area contributed by atoms with E-state index >= 15 is 0 Å². The molecular weight excluding hydrogens is 562 g/mol. The third-order valence-corrected chi connectivity index (χ3v) is 8.11. The lowest BCUT2D eigenvalue weighted by Gasteiger charge is -2.36. The highest BCUT2D eigenvalue weighted by Gasteiger charge is 2.62. The van der Waals surface area contributed by atoms with Gasteiger partial charge in [-0.2, -0.15) is 0 Å². The Bertz CT molecular complexity index is 1650. The van der Waals surface area contributed by atoms with Crippen LogP contribution in [0.15, 0.2) is 78.9 Å². The lowest BCUT2D eigenvalue weighted by Crippen LogP contribution is -2.59. The smallest absolute Gasteiger partial charge is 0.252 e. The number of nitrogens with zero attached hydrogens (tertiary/aromatic N) is 2. The summed E-state index contributed by atoms with van der Waals surface area (Å²) in [5.74, 6) is -0.603. The number of ether oxygens (including phenoxy) is 6. The number of nitrogens with one attached hydrogen (secondary N) is 1. The topological polar surface area (TPSA) is 102 Å². The fourth-order valence-electron chi connectivity index (χ4n) is 6.21. The molecule has 3 aliphatic rings. The Hall–Kier alpha value is -3.80. The zero-order valence-electron chi connectivity index (χ0n) is 25.3. The summed E-state index contributed by atoms with van der Waals surface area (Å²) >= 11 is 0. The van der Waals surface area contributed by atoms with Gasteiger partial charge in [0.05, 0.1) is 24.1 Å². The summed E-state index contributed by atoms with van der Waals surface area (Å²) in [4.78, 5) is 18.6. The molecule has 1 aromatic heterocycles. The molecule has 3 fully saturated rings. The summed E-state index contributed by atoms with van der Waals surface area (Å²) in [5, 5.41) is 3.05. The van der Waals surface area contributed by atoms with Crippen molar-refractivity contribution in [1.82, 2.24) is 14.9 Å². The maximum Gasteiger partial charge on any atom is 0.252 e. The fraction of sp³-hybridized carbons (Fsp3) is 0.412. The molecule has 4 aromatic rings. The van der Waals surface area contributed by atoms with Gasteiger partial charge in [-0.1, -0.05) is 60.7 Å². The van der Waals surface area contributed by atoms with E-state index in [1.54, 1.807) is 0 Å². The van der Waals surface area contributed by atoms with Gasteiger partial charge < -0.3 is 38.3 Å². The number of amides is 1. The van der Waals surface area contributed by atoms with Crippen LogP contribution < -0.4 is 10.1 Å². The number of para-hydroxylation sites is 3. The third kappa shape index (κ3) is 5.71. The van der Waals surface area contributed by atoms with Gasteiger partial charge in [-0.15, -0.1) is 0 Å². The van der Waals surface area contributed by atoms with Gasteiger partial charge >= 0.3 is 0 Å². The second-order valence-corrected chi connectivity index (χ2v) is 12.3. The second-order valence-electron chi connectivity index (χ2n) is 12.3. The Morgan fingerprint density at radius 1 is 0.841 bits per heavy atom. The van der Waals surface area contributed by atoms with Crippen LogP contribution in [0.5, 0.6) is 5.75 Å². The fourth-order valence-corrected chi connectivity index (χ4v) is 6.21. The average molecular weight is 600 g/mol. The summed E-state index contributed by atoms with van der Waals surface area (Å²) in [5.41, 5.74) is 3.89. The SMILES string of the molecule is CC1(C)O[C@H]2[C@@H](O1)[C@@H](C(=O)NCc1nc3ccccc3n1Cc1ccccc1OCc1ccccc1)O[C@@H]1OC(C)(C)O[C@@H]12. The maximum atomic E-state index is 13.7. The minimum absolute atomic E-state index is 0.180. The summed E-state index contributed by atoms with van der Waals surface area (Å²) in [6.07, 6.45) is -3.38. The van der Waals surface area contributed by atoms with Crippen molar-refractivity contribution in [3.63, 3.8) is 0 Å². The Morgan fingerprint density at radius 3 is 2.36 bits per heavy atom. The van der Waals surface area contributed by atoms with Crippen molar-refractivity contribution in [2.24, 2.45) is 0 Å². The molecule has 10 nitrogen and oxygen atoms in total. The van der Waals surface area contributed by atoms with Crippen LogP contribution in [0.1, 0.15) is 44.6 Å². The van der Waals surface area contributed by atoms with Gasteiger partial charge in [0.2, 0.25) is 0 Å². The highest BCUT2D eigenvalue weighted by atomic mass is 16.9. The summed E-state index contributed by atoms with van der Waals surface area (Å²) < 4.78 is 38.9. The lowest BCUT2D eigenvalue weighted by molar-refractivity contribution is -0.231. The number of carbonyl (C=O) groups is 1. The molecule has 4 heterocycles. The van der Waals surface area contributed by atoms with Crippen LogP contribution in [0.3, 0.4) is 0 Å². The first kappa shape index (κ1) is 28.9. The van der Waals surface area contributed by atoms with E-state index in [1.807, 2.05) is 107 Å². The van der Waals surface area contributed by atoms with Crippen LogP contribution in [0, 0.1) is 0 Å². The van der Waals surface area contributed by atoms with Crippen molar-refractivity contribution >= 4 is 16.9 Å². The number of hydrogen-bond acceptors (Lipinski definition) is 8. The summed E-state index contributed by atoms with van der Waals surface area (Å²) in [7, 11) is 0.